The molecular weight excluding hydrogens is 202 g/mol. The third-order valence-corrected chi connectivity index (χ3v) is 2.85. The molecule has 1 atom stereocenters. The summed E-state index contributed by atoms with van der Waals surface area (Å²) in [7, 11) is 0. The topological polar surface area (TPSA) is 38.3 Å². The van der Waals surface area contributed by atoms with Crippen molar-refractivity contribution < 1.29 is 9.53 Å². The molecule has 1 aliphatic heterocycles. The van der Waals surface area contributed by atoms with Crippen LogP contribution in [0.3, 0.4) is 0 Å². The van der Waals surface area contributed by atoms with Crippen molar-refractivity contribution in [3.63, 3.8) is 0 Å². The van der Waals surface area contributed by atoms with Crippen LogP contribution in [0.25, 0.3) is 0 Å². The predicted octanol–water partition coefficient (Wildman–Crippen LogP) is 3.51. The van der Waals surface area contributed by atoms with E-state index >= 15 is 0 Å². The molecule has 1 aromatic carbocycles. The second-order valence-corrected chi connectivity index (χ2v) is 4.89. The molecule has 0 saturated carbocycles. The fourth-order valence-corrected chi connectivity index (χ4v) is 2.38. The highest BCUT2D eigenvalue weighted by Gasteiger charge is 2.37. The number of benzene rings is 1. The van der Waals surface area contributed by atoms with Gasteiger partial charge in [0.2, 0.25) is 0 Å². The molecule has 0 aliphatic carbocycles. The zero-order chi connectivity index (χ0) is 11.8. The maximum absolute atomic E-state index is 11.5. The van der Waals surface area contributed by atoms with Crippen LogP contribution in [0.2, 0.25) is 0 Å². The van der Waals surface area contributed by atoms with Crippen molar-refractivity contribution in [1.82, 2.24) is 0 Å². The maximum atomic E-state index is 11.5. The zero-order valence-electron chi connectivity index (χ0n) is 9.91. The number of hydrogen-bond donors (Lipinski definition) is 1. The molecule has 1 N–H and O–H groups in total. The number of fused-ring (bicyclic) bond motifs is 1. The molecule has 16 heavy (non-hydrogen) atoms. The minimum Gasteiger partial charge on any atom is -0.438 e. The summed E-state index contributed by atoms with van der Waals surface area (Å²) in [6.07, 6.45) is 0.471. The average Bonchev–Trinajstić information content (AvgIpc) is 2.15. The Morgan fingerprint density at radius 1 is 1.38 bits per heavy atom. The molecule has 0 spiro atoms. The first kappa shape index (κ1) is 11.0. The van der Waals surface area contributed by atoms with Gasteiger partial charge in [0.05, 0.1) is 5.69 Å². The number of anilines is 1. The van der Waals surface area contributed by atoms with E-state index in [9.17, 15) is 4.79 Å². The molecule has 1 aliphatic rings. The van der Waals surface area contributed by atoms with Gasteiger partial charge >= 0.3 is 6.09 Å². The van der Waals surface area contributed by atoms with E-state index < -0.39 is 5.60 Å². The Hall–Kier alpha value is -1.51. The average molecular weight is 219 g/mol. The van der Waals surface area contributed by atoms with Crippen LogP contribution < -0.4 is 5.32 Å². The van der Waals surface area contributed by atoms with Gasteiger partial charge < -0.3 is 4.74 Å². The number of para-hydroxylation sites is 1. The normalized spacial score (nSPS) is 23.6. The molecule has 2 rings (SSSR count). The summed E-state index contributed by atoms with van der Waals surface area (Å²) in [5.41, 5.74) is 1.41. The van der Waals surface area contributed by atoms with Crippen molar-refractivity contribution >= 4 is 11.8 Å². The second kappa shape index (κ2) is 3.81. The van der Waals surface area contributed by atoms with Crippen LogP contribution >= 0.6 is 0 Å². The fraction of sp³-hybridized carbons (Fsp3) is 0.462. The smallest absolute Gasteiger partial charge is 0.412 e. The van der Waals surface area contributed by atoms with E-state index in [2.05, 4.69) is 19.2 Å². The van der Waals surface area contributed by atoms with Crippen molar-refractivity contribution in [3.05, 3.63) is 29.8 Å². The molecule has 0 fully saturated rings. The highest BCUT2D eigenvalue weighted by atomic mass is 16.6. The van der Waals surface area contributed by atoms with Crippen molar-refractivity contribution in [2.24, 2.45) is 5.92 Å². The van der Waals surface area contributed by atoms with Crippen LogP contribution in [0.15, 0.2) is 24.3 Å². The molecule has 3 heteroatoms. The lowest BCUT2D eigenvalue weighted by molar-refractivity contribution is 0.0104. The molecule has 1 heterocycles. The molecule has 0 aromatic heterocycles. The predicted molar refractivity (Wildman–Crippen MR) is 63.4 cm³/mol. The minimum absolute atomic E-state index is 0.359. The van der Waals surface area contributed by atoms with Gasteiger partial charge in [0.25, 0.3) is 0 Å². The first-order valence-corrected chi connectivity index (χ1v) is 5.61. The van der Waals surface area contributed by atoms with Gasteiger partial charge in [-0.05, 0) is 25.3 Å². The van der Waals surface area contributed by atoms with Gasteiger partial charge in [0.1, 0.15) is 5.60 Å². The highest BCUT2D eigenvalue weighted by Crippen LogP contribution is 2.39. The number of amides is 1. The lowest BCUT2D eigenvalue weighted by atomic mass is 9.85. The van der Waals surface area contributed by atoms with Crippen LogP contribution in [0, 0.1) is 5.92 Å². The van der Waals surface area contributed by atoms with Gasteiger partial charge in [-0.3, -0.25) is 5.32 Å². The van der Waals surface area contributed by atoms with Crippen LogP contribution in [0.5, 0.6) is 0 Å². The van der Waals surface area contributed by atoms with E-state index in [1.165, 1.54) is 0 Å². The summed E-state index contributed by atoms with van der Waals surface area (Å²) in [6, 6.07) is 7.81. The van der Waals surface area contributed by atoms with Gasteiger partial charge in [-0.15, -0.1) is 0 Å². The van der Waals surface area contributed by atoms with Crippen LogP contribution in [0.4, 0.5) is 10.5 Å². The van der Waals surface area contributed by atoms with Gasteiger partial charge in [-0.1, -0.05) is 32.0 Å². The van der Waals surface area contributed by atoms with E-state index in [1.807, 2.05) is 31.2 Å². The molecule has 86 valence electrons. The number of hydrogen-bond acceptors (Lipinski definition) is 2. The van der Waals surface area contributed by atoms with E-state index in [0.29, 0.717) is 5.92 Å². The SMILES string of the molecule is CC(C)CC1(C)OC(=O)Nc2ccccc21. The monoisotopic (exact) mass is 219 g/mol. The summed E-state index contributed by atoms with van der Waals surface area (Å²) in [5, 5.41) is 2.73. The van der Waals surface area contributed by atoms with Crippen LogP contribution in [-0.4, -0.2) is 6.09 Å². The van der Waals surface area contributed by atoms with E-state index in [4.69, 9.17) is 4.74 Å². The number of nitrogens with one attached hydrogen (secondary N) is 1. The Labute approximate surface area is 95.8 Å². The Balaban J connectivity index is 2.43. The largest absolute Gasteiger partial charge is 0.438 e. The Kier molecular flexibility index (Phi) is 2.62. The van der Waals surface area contributed by atoms with Crippen LogP contribution in [-0.2, 0) is 10.3 Å². The number of rotatable bonds is 2. The van der Waals surface area contributed by atoms with Crippen LogP contribution in [0.1, 0.15) is 32.8 Å². The van der Waals surface area contributed by atoms with Crippen molar-refractivity contribution in [1.29, 1.82) is 0 Å². The van der Waals surface area contributed by atoms with E-state index in [1.54, 1.807) is 0 Å². The standard InChI is InChI=1S/C13H17NO2/c1-9(2)8-13(3)10-6-4-5-7-11(10)14-12(15)16-13/h4-7,9H,8H2,1-3H3,(H,14,15). The molecule has 0 radical (unpaired) electrons. The first-order valence-electron chi connectivity index (χ1n) is 5.61. The quantitative estimate of drug-likeness (QED) is 0.826. The molecule has 0 bridgehead atoms. The molecule has 0 saturated heterocycles. The van der Waals surface area contributed by atoms with E-state index in [-0.39, 0.29) is 6.09 Å². The summed E-state index contributed by atoms with van der Waals surface area (Å²) >= 11 is 0. The summed E-state index contributed by atoms with van der Waals surface area (Å²) < 4.78 is 5.46. The zero-order valence-corrected chi connectivity index (χ0v) is 9.91. The number of cyclic esters (lactones) is 1. The Bertz CT molecular complexity index is 414. The van der Waals surface area contributed by atoms with E-state index in [0.717, 1.165) is 17.7 Å². The molecular formula is C13H17NO2. The Morgan fingerprint density at radius 2 is 2.06 bits per heavy atom. The molecule has 3 nitrogen and oxygen atoms in total. The summed E-state index contributed by atoms with van der Waals surface area (Å²) in [6.45, 7) is 6.23. The molecule has 1 unspecified atom stereocenters. The third kappa shape index (κ3) is 1.90. The number of carbonyl (C=O) groups is 1. The fourth-order valence-electron chi connectivity index (χ4n) is 2.38. The number of carbonyl (C=O) groups excluding carboxylic acids is 1. The highest BCUT2D eigenvalue weighted by molar-refractivity contribution is 5.88. The summed E-state index contributed by atoms with van der Waals surface area (Å²) in [5.74, 6) is 0.476. The van der Waals surface area contributed by atoms with Gasteiger partial charge in [-0.2, -0.15) is 0 Å². The molecule has 1 amide bonds. The maximum Gasteiger partial charge on any atom is 0.412 e. The lowest BCUT2D eigenvalue weighted by Crippen LogP contribution is -2.38. The summed E-state index contributed by atoms with van der Waals surface area (Å²) in [4.78, 5) is 11.5. The second-order valence-electron chi connectivity index (χ2n) is 4.89. The third-order valence-electron chi connectivity index (χ3n) is 2.85. The van der Waals surface area contributed by atoms with Crippen molar-refractivity contribution in [2.45, 2.75) is 32.8 Å². The minimum atomic E-state index is -0.507. The van der Waals surface area contributed by atoms with Gasteiger partial charge in [-0.25, -0.2) is 4.79 Å². The molecule has 1 aromatic rings. The van der Waals surface area contributed by atoms with Gasteiger partial charge in [0, 0.05) is 5.56 Å². The Morgan fingerprint density at radius 3 is 2.75 bits per heavy atom. The lowest BCUT2D eigenvalue weighted by Gasteiger charge is -2.36. The number of ether oxygens (including phenoxy) is 1. The first-order chi connectivity index (χ1) is 7.51. The van der Waals surface area contributed by atoms with Gasteiger partial charge in [0.15, 0.2) is 0 Å². The van der Waals surface area contributed by atoms with Crippen molar-refractivity contribution in [2.75, 3.05) is 5.32 Å². The van der Waals surface area contributed by atoms with Crippen molar-refractivity contribution in [3.8, 4) is 0 Å².